The van der Waals surface area contributed by atoms with Crippen LogP contribution >= 0.6 is 0 Å². The number of nitrogens with one attached hydrogen (secondary N) is 1. The molecule has 109 valence electrons. The summed E-state index contributed by atoms with van der Waals surface area (Å²) in [6.07, 6.45) is 0.114. The number of carboxylic acid groups (broad SMARTS) is 1. The largest absolute Gasteiger partial charge is 0.508 e. The first-order valence-electron chi connectivity index (χ1n) is 6.41. The quantitative estimate of drug-likeness (QED) is 0.731. The molecule has 22 heavy (non-hydrogen) atoms. The molecule has 1 radical (unpaired) electrons. The number of aromatic hydroxyl groups is 1. The van der Waals surface area contributed by atoms with E-state index >= 15 is 0 Å². The van der Waals surface area contributed by atoms with Gasteiger partial charge < -0.3 is 15.5 Å². The second-order valence-corrected chi connectivity index (χ2v) is 4.59. The molecule has 0 unspecified atom stereocenters. The number of benzene rings is 2. The van der Waals surface area contributed by atoms with E-state index in [4.69, 9.17) is 0 Å². The van der Waals surface area contributed by atoms with Crippen LogP contribution in [-0.2, 0) is 16.0 Å². The SMILES string of the molecule is O=C(Cc1ccccc1)N[C@H](C(=O)O)c1ccc(O)cc1.[Na]. The number of amides is 1. The molecular formula is C16H15NNaO4. The Morgan fingerprint density at radius 1 is 1.00 bits per heavy atom. The Morgan fingerprint density at radius 3 is 2.14 bits per heavy atom. The minimum atomic E-state index is -1.15. The number of carboxylic acids is 1. The van der Waals surface area contributed by atoms with Gasteiger partial charge in [0, 0.05) is 29.6 Å². The molecule has 5 nitrogen and oxygen atoms in total. The number of hydrogen-bond acceptors (Lipinski definition) is 3. The van der Waals surface area contributed by atoms with Crippen LogP contribution in [0, 0.1) is 0 Å². The first-order valence-corrected chi connectivity index (χ1v) is 6.41. The van der Waals surface area contributed by atoms with Gasteiger partial charge >= 0.3 is 5.97 Å². The van der Waals surface area contributed by atoms with E-state index in [1.165, 1.54) is 24.3 Å². The third-order valence-electron chi connectivity index (χ3n) is 2.99. The number of phenols is 1. The average Bonchev–Trinajstić information content (AvgIpc) is 2.47. The van der Waals surface area contributed by atoms with E-state index in [-0.39, 0.29) is 47.6 Å². The minimum Gasteiger partial charge on any atom is -0.508 e. The second-order valence-electron chi connectivity index (χ2n) is 4.59. The van der Waals surface area contributed by atoms with Crippen LogP contribution < -0.4 is 5.32 Å². The number of phenolic OH excluding ortho intramolecular Hbond substituents is 1. The van der Waals surface area contributed by atoms with Crippen LogP contribution in [0.1, 0.15) is 17.2 Å². The smallest absolute Gasteiger partial charge is 0.330 e. The number of hydrogen-bond donors (Lipinski definition) is 3. The number of rotatable bonds is 5. The van der Waals surface area contributed by atoms with Crippen molar-refractivity contribution in [1.29, 1.82) is 0 Å². The van der Waals surface area contributed by atoms with Gasteiger partial charge in [-0.05, 0) is 23.3 Å². The Kier molecular flexibility index (Phi) is 7.11. The summed E-state index contributed by atoms with van der Waals surface area (Å²) in [6.45, 7) is 0. The summed E-state index contributed by atoms with van der Waals surface area (Å²) in [5, 5.41) is 20.9. The van der Waals surface area contributed by atoms with Gasteiger partial charge in [-0.25, -0.2) is 4.79 Å². The number of carbonyl (C=O) groups excluding carboxylic acids is 1. The van der Waals surface area contributed by atoms with E-state index in [1.807, 2.05) is 18.2 Å². The number of carbonyl (C=O) groups is 2. The summed E-state index contributed by atoms with van der Waals surface area (Å²) < 4.78 is 0. The topological polar surface area (TPSA) is 86.6 Å². The van der Waals surface area contributed by atoms with Crippen LogP contribution in [0.15, 0.2) is 54.6 Å². The summed E-state index contributed by atoms with van der Waals surface area (Å²) in [5.41, 5.74) is 1.21. The first kappa shape index (κ1) is 18.2. The molecule has 0 spiro atoms. The van der Waals surface area contributed by atoms with Crippen LogP contribution in [-0.4, -0.2) is 51.6 Å². The Hall–Kier alpha value is -1.82. The van der Waals surface area contributed by atoms with E-state index in [0.29, 0.717) is 5.56 Å². The maximum atomic E-state index is 11.9. The molecule has 2 aromatic rings. The zero-order chi connectivity index (χ0) is 15.2. The van der Waals surface area contributed by atoms with Crippen LogP contribution in [0.2, 0.25) is 0 Å². The summed E-state index contributed by atoms with van der Waals surface area (Å²) in [4.78, 5) is 23.2. The van der Waals surface area contributed by atoms with Crippen LogP contribution in [0.4, 0.5) is 0 Å². The number of aliphatic carboxylic acids is 1. The van der Waals surface area contributed by atoms with Gasteiger partial charge in [0.1, 0.15) is 5.75 Å². The van der Waals surface area contributed by atoms with Crippen molar-refractivity contribution in [3.05, 3.63) is 65.7 Å². The fourth-order valence-electron chi connectivity index (χ4n) is 1.95. The van der Waals surface area contributed by atoms with Gasteiger partial charge in [0.05, 0.1) is 6.42 Å². The molecule has 6 heteroatoms. The van der Waals surface area contributed by atoms with Crippen molar-refractivity contribution in [2.24, 2.45) is 0 Å². The predicted molar refractivity (Wildman–Crippen MR) is 82.5 cm³/mol. The van der Waals surface area contributed by atoms with E-state index in [9.17, 15) is 19.8 Å². The molecule has 0 aromatic heterocycles. The summed E-state index contributed by atoms with van der Waals surface area (Å²) in [5.74, 6) is -1.48. The zero-order valence-electron chi connectivity index (χ0n) is 12.2. The zero-order valence-corrected chi connectivity index (χ0v) is 14.2. The molecule has 0 aliphatic rings. The Bertz CT molecular complexity index is 628. The van der Waals surface area contributed by atoms with E-state index in [0.717, 1.165) is 5.56 Å². The fourth-order valence-corrected chi connectivity index (χ4v) is 1.95. The van der Waals surface area contributed by atoms with Crippen molar-refractivity contribution in [2.75, 3.05) is 0 Å². The molecule has 0 aliphatic carbocycles. The predicted octanol–water partition coefficient (Wildman–Crippen LogP) is 1.50. The standard InChI is InChI=1S/C16H15NO4.Na/c18-13-8-6-12(7-9-13)15(16(20)21)17-14(19)10-11-4-2-1-3-5-11;/h1-9,15,18H,10H2,(H,17,19)(H,20,21);/t15-;/m0./s1. The molecule has 2 aromatic carbocycles. The molecule has 0 heterocycles. The molecule has 3 N–H and O–H groups in total. The first-order chi connectivity index (χ1) is 10.1. The average molecular weight is 308 g/mol. The van der Waals surface area contributed by atoms with Crippen LogP contribution in [0.5, 0.6) is 5.75 Å². The minimum absolute atomic E-state index is 0. The Balaban J connectivity index is 0.00000242. The van der Waals surface area contributed by atoms with E-state index in [1.54, 1.807) is 12.1 Å². The molecular weight excluding hydrogens is 293 g/mol. The van der Waals surface area contributed by atoms with Gasteiger partial charge in [0.2, 0.25) is 5.91 Å². The van der Waals surface area contributed by atoms with Crippen molar-refractivity contribution in [2.45, 2.75) is 12.5 Å². The van der Waals surface area contributed by atoms with Gasteiger partial charge in [0.15, 0.2) is 6.04 Å². The maximum absolute atomic E-state index is 11.9. The van der Waals surface area contributed by atoms with Gasteiger partial charge in [-0.1, -0.05) is 42.5 Å². The monoisotopic (exact) mass is 308 g/mol. The molecule has 1 atom stereocenters. The maximum Gasteiger partial charge on any atom is 0.330 e. The molecule has 0 saturated carbocycles. The van der Waals surface area contributed by atoms with Crippen molar-refractivity contribution in [1.82, 2.24) is 5.32 Å². The molecule has 0 saturated heterocycles. The third kappa shape index (κ3) is 5.18. The second kappa shape index (κ2) is 8.58. The van der Waals surface area contributed by atoms with Gasteiger partial charge in [-0.3, -0.25) is 4.79 Å². The van der Waals surface area contributed by atoms with Crippen molar-refractivity contribution < 1.29 is 19.8 Å². The molecule has 0 aliphatic heterocycles. The fraction of sp³-hybridized carbons (Fsp3) is 0.125. The summed E-state index contributed by atoms with van der Waals surface area (Å²) in [7, 11) is 0. The third-order valence-corrected chi connectivity index (χ3v) is 2.99. The normalized spacial score (nSPS) is 11.1. The van der Waals surface area contributed by atoms with Crippen molar-refractivity contribution >= 4 is 41.4 Å². The molecule has 2 rings (SSSR count). The van der Waals surface area contributed by atoms with Crippen molar-refractivity contribution in [3.63, 3.8) is 0 Å². The summed E-state index contributed by atoms with van der Waals surface area (Å²) in [6, 6.07) is 13.6. The Morgan fingerprint density at radius 2 is 1.59 bits per heavy atom. The molecule has 0 bridgehead atoms. The molecule has 1 amide bonds. The van der Waals surface area contributed by atoms with Crippen LogP contribution in [0.3, 0.4) is 0 Å². The van der Waals surface area contributed by atoms with Gasteiger partial charge in [0.25, 0.3) is 0 Å². The van der Waals surface area contributed by atoms with Crippen LogP contribution in [0.25, 0.3) is 0 Å². The van der Waals surface area contributed by atoms with Gasteiger partial charge in [-0.2, -0.15) is 0 Å². The Labute approximate surface area is 150 Å². The van der Waals surface area contributed by atoms with E-state index < -0.39 is 12.0 Å². The van der Waals surface area contributed by atoms with Gasteiger partial charge in [-0.15, -0.1) is 0 Å². The summed E-state index contributed by atoms with van der Waals surface area (Å²) >= 11 is 0. The molecule has 0 fully saturated rings. The van der Waals surface area contributed by atoms with Crippen molar-refractivity contribution in [3.8, 4) is 5.75 Å². The van der Waals surface area contributed by atoms with E-state index in [2.05, 4.69) is 5.32 Å².